The minimum atomic E-state index is -3.93. The van der Waals surface area contributed by atoms with Crippen molar-refractivity contribution in [2.75, 3.05) is 20.1 Å². The molecule has 0 saturated heterocycles. The van der Waals surface area contributed by atoms with Crippen molar-refractivity contribution in [3.8, 4) is 11.5 Å². The van der Waals surface area contributed by atoms with E-state index in [9.17, 15) is 18.4 Å². The molecule has 1 aliphatic rings. The minimum Gasteiger partial charge on any atom is -0.353 e. The van der Waals surface area contributed by atoms with Crippen molar-refractivity contribution in [1.29, 1.82) is 0 Å². The van der Waals surface area contributed by atoms with E-state index in [0.717, 1.165) is 19.9 Å². The summed E-state index contributed by atoms with van der Waals surface area (Å²) in [5.74, 6) is -6.76. The van der Waals surface area contributed by atoms with Crippen LogP contribution in [0, 0.1) is 0 Å². The van der Waals surface area contributed by atoms with Gasteiger partial charge in [0.05, 0.1) is 5.69 Å². The molecule has 140 valence electrons. The summed E-state index contributed by atoms with van der Waals surface area (Å²) in [6.45, 7) is 3.76. The largest absolute Gasteiger partial charge is 0.401 e. The second-order valence-electron chi connectivity index (χ2n) is 5.98. The molecule has 8 nitrogen and oxygen atoms in total. The number of alkyl halides is 2. The Bertz CT molecular complexity index is 830. The van der Waals surface area contributed by atoms with E-state index >= 15 is 0 Å². The maximum Gasteiger partial charge on any atom is 0.401 e. The average Bonchev–Trinajstić information content (AvgIpc) is 3.27. The lowest BCUT2D eigenvalue weighted by molar-refractivity contribution is -0.150. The Morgan fingerprint density at radius 2 is 2.08 bits per heavy atom. The fourth-order valence-electron chi connectivity index (χ4n) is 2.85. The maximum absolute atomic E-state index is 13.9. The number of nitrogens with one attached hydrogen (secondary N) is 1. The number of carbonyl (C=O) groups is 2. The van der Waals surface area contributed by atoms with Gasteiger partial charge in [-0.05, 0) is 18.6 Å². The number of halogens is 2. The van der Waals surface area contributed by atoms with E-state index < -0.39 is 17.7 Å². The average molecular weight is 367 g/mol. The van der Waals surface area contributed by atoms with E-state index in [1.165, 1.54) is 0 Å². The van der Waals surface area contributed by atoms with Gasteiger partial charge in [-0.25, -0.2) is 0 Å². The number of nitrogens with zero attached hydrogens (tertiary/aromatic N) is 4. The highest BCUT2D eigenvalue weighted by Crippen LogP contribution is 2.30. The summed E-state index contributed by atoms with van der Waals surface area (Å²) < 4.78 is 34.1. The number of hydrogen-bond acceptors (Lipinski definition) is 5. The third-order valence-corrected chi connectivity index (χ3v) is 4.30. The Labute approximate surface area is 148 Å². The highest BCUT2D eigenvalue weighted by atomic mass is 19.3. The molecule has 0 radical (unpaired) electrons. The maximum atomic E-state index is 13.9. The molecular weight excluding hydrogens is 348 g/mol. The summed E-state index contributed by atoms with van der Waals surface area (Å²) in [5, 5.41) is 5.40. The smallest absolute Gasteiger partial charge is 0.353 e. The zero-order valence-electron chi connectivity index (χ0n) is 14.5. The summed E-state index contributed by atoms with van der Waals surface area (Å²) in [7, 11) is 1.09. The lowest BCUT2D eigenvalue weighted by Crippen LogP contribution is -2.40. The highest BCUT2D eigenvalue weighted by Gasteiger charge is 2.46. The van der Waals surface area contributed by atoms with Crippen LogP contribution in [0.2, 0.25) is 0 Å². The van der Waals surface area contributed by atoms with Crippen molar-refractivity contribution in [3.63, 3.8) is 0 Å². The van der Waals surface area contributed by atoms with Crippen molar-refractivity contribution >= 4 is 11.8 Å². The van der Waals surface area contributed by atoms with Crippen molar-refractivity contribution in [3.05, 3.63) is 23.7 Å². The molecule has 0 saturated carbocycles. The molecule has 1 aliphatic heterocycles. The van der Waals surface area contributed by atoms with E-state index in [1.807, 2.05) is 5.32 Å². The second kappa shape index (κ2) is 6.85. The number of aromatic nitrogens is 3. The van der Waals surface area contributed by atoms with Crippen LogP contribution in [-0.2, 0) is 17.3 Å². The van der Waals surface area contributed by atoms with Crippen molar-refractivity contribution in [2.24, 2.45) is 0 Å². The van der Waals surface area contributed by atoms with Crippen LogP contribution in [0.25, 0.3) is 11.5 Å². The van der Waals surface area contributed by atoms with Gasteiger partial charge in [-0.3, -0.25) is 9.59 Å². The first kappa shape index (κ1) is 18.0. The van der Waals surface area contributed by atoms with Gasteiger partial charge in [-0.1, -0.05) is 18.5 Å². The van der Waals surface area contributed by atoms with Gasteiger partial charge in [0, 0.05) is 26.7 Å². The Morgan fingerprint density at radius 1 is 1.35 bits per heavy atom. The summed E-state index contributed by atoms with van der Waals surface area (Å²) in [6, 6.07) is 3.20. The zero-order chi connectivity index (χ0) is 18.9. The normalized spacial score (nSPS) is 14.5. The van der Waals surface area contributed by atoms with E-state index in [2.05, 4.69) is 21.6 Å². The van der Waals surface area contributed by atoms with Crippen LogP contribution >= 0.6 is 0 Å². The quantitative estimate of drug-likeness (QED) is 0.838. The molecule has 0 aromatic carbocycles. The third kappa shape index (κ3) is 2.95. The number of likely N-dealkylation sites (N-methyl/N-ethyl adjacent to an activating group) is 1. The van der Waals surface area contributed by atoms with Gasteiger partial charge >= 0.3 is 11.8 Å². The minimum absolute atomic E-state index is 0.0929. The molecule has 0 bridgehead atoms. The van der Waals surface area contributed by atoms with E-state index in [0.29, 0.717) is 31.0 Å². The number of rotatable bonds is 6. The fraction of sp³-hybridized carbons (Fsp3) is 0.500. The van der Waals surface area contributed by atoms with E-state index in [1.54, 1.807) is 21.6 Å². The van der Waals surface area contributed by atoms with Gasteiger partial charge < -0.3 is 19.3 Å². The molecule has 0 fully saturated rings. The number of amides is 2. The molecule has 2 aromatic heterocycles. The Kier molecular flexibility index (Phi) is 4.75. The monoisotopic (exact) mass is 367 g/mol. The molecule has 2 amide bonds. The molecule has 1 N–H and O–H groups in total. The molecule has 0 spiro atoms. The van der Waals surface area contributed by atoms with Gasteiger partial charge in [-0.2, -0.15) is 13.8 Å². The number of fused-ring (bicyclic) bond motifs is 1. The summed E-state index contributed by atoms with van der Waals surface area (Å²) >= 11 is 0. The van der Waals surface area contributed by atoms with E-state index in [4.69, 9.17) is 0 Å². The Morgan fingerprint density at radius 3 is 2.77 bits per heavy atom. The molecule has 3 rings (SSSR count). The molecule has 2 aromatic rings. The van der Waals surface area contributed by atoms with Crippen LogP contribution in [-0.4, -0.2) is 51.6 Å². The lowest BCUT2D eigenvalue weighted by atomic mass is 10.2. The molecule has 26 heavy (non-hydrogen) atoms. The fourth-order valence-corrected chi connectivity index (χ4v) is 2.85. The molecule has 3 heterocycles. The molecular formula is C16H19F2N5O3. The zero-order valence-corrected chi connectivity index (χ0v) is 14.5. The van der Waals surface area contributed by atoms with Crippen LogP contribution in [0.5, 0.6) is 0 Å². The highest BCUT2D eigenvalue weighted by molar-refractivity contribution is 5.94. The van der Waals surface area contributed by atoms with Crippen molar-refractivity contribution in [2.45, 2.75) is 32.2 Å². The number of hydrogen-bond donors (Lipinski definition) is 1. The first-order valence-corrected chi connectivity index (χ1v) is 8.33. The SMILES string of the molecule is CCCCN1CCn2c(ccc2-c2noc(C(F)(F)C(=O)NC)n2)C1=O. The van der Waals surface area contributed by atoms with Gasteiger partial charge in [-0.15, -0.1) is 0 Å². The van der Waals surface area contributed by atoms with Gasteiger partial charge in [0.2, 0.25) is 5.82 Å². The summed E-state index contributed by atoms with van der Waals surface area (Å²) in [6.07, 6.45) is 1.91. The lowest BCUT2D eigenvalue weighted by Gasteiger charge is -2.29. The predicted octanol–water partition coefficient (Wildman–Crippen LogP) is 1.63. The molecule has 10 heteroatoms. The van der Waals surface area contributed by atoms with Crippen LogP contribution in [0.1, 0.15) is 36.1 Å². The topological polar surface area (TPSA) is 93.3 Å². The number of unbranched alkanes of at least 4 members (excludes halogenated alkanes) is 1. The van der Waals surface area contributed by atoms with Crippen molar-refractivity contribution in [1.82, 2.24) is 24.9 Å². The molecule has 0 aliphatic carbocycles. The van der Waals surface area contributed by atoms with Crippen LogP contribution < -0.4 is 5.32 Å². The first-order chi connectivity index (χ1) is 12.4. The first-order valence-electron chi connectivity index (χ1n) is 8.33. The number of carbonyl (C=O) groups excluding carboxylic acids is 2. The van der Waals surface area contributed by atoms with Crippen LogP contribution in [0.3, 0.4) is 0 Å². The van der Waals surface area contributed by atoms with Gasteiger partial charge in [0.1, 0.15) is 5.69 Å². The Hall–Kier alpha value is -2.78. The third-order valence-electron chi connectivity index (χ3n) is 4.30. The summed E-state index contributed by atoms with van der Waals surface area (Å²) in [5.41, 5.74) is 0.845. The predicted molar refractivity (Wildman–Crippen MR) is 86.5 cm³/mol. The van der Waals surface area contributed by atoms with Crippen molar-refractivity contribution < 1.29 is 22.9 Å². The summed E-state index contributed by atoms with van der Waals surface area (Å²) in [4.78, 5) is 29.2. The van der Waals surface area contributed by atoms with Crippen LogP contribution in [0.4, 0.5) is 8.78 Å². The van der Waals surface area contributed by atoms with Gasteiger partial charge in [0.25, 0.3) is 11.8 Å². The molecule has 0 atom stereocenters. The van der Waals surface area contributed by atoms with E-state index in [-0.39, 0.29) is 11.7 Å². The standard InChI is InChI=1S/C16H19F2N5O3/c1-3-4-7-22-8-9-23-10(5-6-11(23)13(22)24)12-20-15(26-21-12)16(17,18)14(25)19-2/h5-6H,3-4,7-9H2,1-2H3,(H,19,25). The second-order valence-corrected chi connectivity index (χ2v) is 5.98. The van der Waals surface area contributed by atoms with Gasteiger partial charge in [0.15, 0.2) is 0 Å². The Balaban J connectivity index is 1.88. The van der Waals surface area contributed by atoms with Crippen LogP contribution in [0.15, 0.2) is 16.7 Å². The molecule has 0 unspecified atom stereocenters.